The number of para-hydroxylation sites is 1. The highest BCUT2D eigenvalue weighted by Gasteiger charge is 2.28. The fourth-order valence-electron chi connectivity index (χ4n) is 3.80. The highest BCUT2D eigenvalue weighted by molar-refractivity contribution is 7.89. The lowest BCUT2D eigenvalue weighted by atomic mass is 10.1. The van der Waals surface area contributed by atoms with Crippen molar-refractivity contribution in [1.29, 1.82) is 0 Å². The van der Waals surface area contributed by atoms with Crippen LogP contribution in [0.1, 0.15) is 35.2 Å². The van der Waals surface area contributed by atoms with E-state index in [9.17, 15) is 18.0 Å². The Labute approximate surface area is 200 Å². The lowest BCUT2D eigenvalue weighted by Gasteiger charge is -2.17. The van der Waals surface area contributed by atoms with E-state index in [0.29, 0.717) is 48.8 Å². The zero-order valence-corrected chi connectivity index (χ0v) is 20.3. The summed E-state index contributed by atoms with van der Waals surface area (Å²) in [5.41, 5.74) is 1.38. The van der Waals surface area contributed by atoms with Crippen molar-refractivity contribution in [2.75, 3.05) is 45.8 Å². The molecule has 10 heteroatoms. The van der Waals surface area contributed by atoms with Gasteiger partial charge in [-0.1, -0.05) is 12.1 Å². The number of sulfonamides is 1. The Morgan fingerprint density at radius 3 is 2.50 bits per heavy atom. The average molecular weight is 490 g/mol. The summed E-state index contributed by atoms with van der Waals surface area (Å²) >= 11 is 0. The summed E-state index contributed by atoms with van der Waals surface area (Å²) in [5, 5.41) is 5.52. The van der Waals surface area contributed by atoms with E-state index in [-0.39, 0.29) is 29.6 Å². The minimum atomic E-state index is -3.57. The molecule has 0 saturated carbocycles. The number of carbonyl (C=O) groups is 2. The first-order valence-electron chi connectivity index (χ1n) is 11.2. The topological polar surface area (TPSA) is 114 Å². The van der Waals surface area contributed by atoms with Crippen LogP contribution in [-0.4, -0.2) is 65.0 Å². The molecule has 184 valence electrons. The molecule has 34 heavy (non-hydrogen) atoms. The predicted molar refractivity (Wildman–Crippen MR) is 129 cm³/mol. The van der Waals surface area contributed by atoms with Gasteiger partial charge in [-0.25, -0.2) is 8.42 Å². The number of anilines is 1. The van der Waals surface area contributed by atoms with Crippen LogP contribution in [0.15, 0.2) is 47.4 Å². The Morgan fingerprint density at radius 2 is 1.79 bits per heavy atom. The summed E-state index contributed by atoms with van der Waals surface area (Å²) in [5.74, 6) is -0.0902. The molecule has 2 aromatic rings. The van der Waals surface area contributed by atoms with E-state index in [1.807, 2.05) is 0 Å². The number of rotatable bonds is 11. The zero-order chi connectivity index (χ0) is 24.6. The Morgan fingerprint density at radius 1 is 1.06 bits per heavy atom. The molecule has 1 aliphatic rings. The summed E-state index contributed by atoms with van der Waals surface area (Å²) in [6.45, 7) is 1.78. The first kappa shape index (κ1) is 25.7. The lowest BCUT2D eigenvalue weighted by molar-refractivity contribution is -0.116. The van der Waals surface area contributed by atoms with Crippen molar-refractivity contribution < 1.29 is 27.5 Å². The molecule has 0 spiro atoms. The van der Waals surface area contributed by atoms with Crippen LogP contribution in [0.4, 0.5) is 5.69 Å². The van der Waals surface area contributed by atoms with Crippen molar-refractivity contribution in [2.24, 2.45) is 0 Å². The van der Waals surface area contributed by atoms with Crippen LogP contribution in [0.5, 0.6) is 5.75 Å². The van der Waals surface area contributed by atoms with Crippen molar-refractivity contribution in [1.82, 2.24) is 9.62 Å². The third-order valence-corrected chi connectivity index (χ3v) is 7.51. The van der Waals surface area contributed by atoms with Gasteiger partial charge < -0.3 is 20.1 Å². The maximum absolute atomic E-state index is 12.9. The fourth-order valence-corrected chi connectivity index (χ4v) is 5.37. The van der Waals surface area contributed by atoms with Gasteiger partial charge in [-0.2, -0.15) is 4.31 Å². The van der Waals surface area contributed by atoms with E-state index in [2.05, 4.69) is 10.6 Å². The fraction of sp³-hybridized carbons (Fsp3) is 0.417. The normalized spacial score (nSPS) is 14.1. The molecule has 1 aliphatic heterocycles. The Balaban J connectivity index is 1.69. The second-order valence-electron chi connectivity index (χ2n) is 7.93. The first-order chi connectivity index (χ1) is 16.4. The van der Waals surface area contributed by atoms with Crippen LogP contribution in [0.3, 0.4) is 0 Å². The summed E-state index contributed by atoms with van der Waals surface area (Å²) in [7, 11) is -0.520. The number of benzene rings is 2. The van der Waals surface area contributed by atoms with Gasteiger partial charge in [-0.3, -0.25) is 9.59 Å². The largest absolute Gasteiger partial charge is 0.496 e. The van der Waals surface area contributed by atoms with Crippen molar-refractivity contribution in [3.63, 3.8) is 0 Å². The number of ether oxygens (including phenoxy) is 2. The quantitative estimate of drug-likeness (QED) is 0.469. The predicted octanol–water partition coefficient (Wildman–Crippen LogP) is 2.43. The Hall–Kier alpha value is -2.95. The molecule has 0 bridgehead atoms. The standard InChI is InChI=1S/C24H31N3O6S/c1-32-16-13-25-24(29)20-7-3-4-8-21(20)26-23(28)12-9-18-17-19(10-11-22(18)33-2)34(30,31)27-14-5-6-15-27/h3-4,7-8,10-11,17H,5-6,9,12-16H2,1-2H3,(H,25,29)(H,26,28). The minimum absolute atomic E-state index is 0.0865. The molecule has 2 aromatic carbocycles. The molecule has 1 fully saturated rings. The monoisotopic (exact) mass is 489 g/mol. The van der Waals surface area contributed by atoms with E-state index < -0.39 is 10.0 Å². The van der Waals surface area contributed by atoms with Crippen molar-refractivity contribution >= 4 is 27.5 Å². The molecule has 1 heterocycles. The van der Waals surface area contributed by atoms with Gasteiger partial charge in [0.25, 0.3) is 5.91 Å². The molecular formula is C24H31N3O6S. The van der Waals surface area contributed by atoms with Crippen molar-refractivity contribution in [3.05, 3.63) is 53.6 Å². The molecule has 2 N–H and O–H groups in total. The number of methoxy groups -OCH3 is 2. The highest BCUT2D eigenvalue weighted by Crippen LogP contribution is 2.27. The second-order valence-corrected chi connectivity index (χ2v) is 9.87. The second kappa shape index (κ2) is 12.0. The van der Waals surface area contributed by atoms with Gasteiger partial charge in [0.2, 0.25) is 15.9 Å². The van der Waals surface area contributed by atoms with Crippen LogP contribution < -0.4 is 15.4 Å². The van der Waals surface area contributed by atoms with Gasteiger partial charge >= 0.3 is 0 Å². The van der Waals surface area contributed by atoms with E-state index >= 15 is 0 Å². The van der Waals surface area contributed by atoms with E-state index in [1.165, 1.54) is 17.5 Å². The number of hydrogen-bond acceptors (Lipinski definition) is 6. The zero-order valence-electron chi connectivity index (χ0n) is 19.5. The van der Waals surface area contributed by atoms with Gasteiger partial charge in [0.15, 0.2) is 0 Å². The van der Waals surface area contributed by atoms with E-state index in [0.717, 1.165) is 12.8 Å². The first-order valence-corrected chi connectivity index (χ1v) is 12.6. The molecule has 3 rings (SSSR count). The molecule has 0 aliphatic carbocycles. The SMILES string of the molecule is COCCNC(=O)c1ccccc1NC(=O)CCc1cc(S(=O)(=O)N2CCCC2)ccc1OC. The number of aryl methyl sites for hydroxylation is 1. The van der Waals surface area contributed by atoms with Crippen LogP contribution in [0.25, 0.3) is 0 Å². The molecule has 0 atom stereocenters. The van der Waals surface area contributed by atoms with Crippen LogP contribution in [0.2, 0.25) is 0 Å². The van der Waals surface area contributed by atoms with Gasteiger partial charge in [-0.05, 0) is 55.2 Å². The summed E-state index contributed by atoms with van der Waals surface area (Å²) in [6.07, 6.45) is 2.08. The van der Waals surface area contributed by atoms with Crippen LogP contribution in [-0.2, 0) is 26.0 Å². The molecule has 0 radical (unpaired) electrons. The highest BCUT2D eigenvalue weighted by atomic mass is 32.2. The van der Waals surface area contributed by atoms with E-state index in [4.69, 9.17) is 9.47 Å². The number of amides is 2. The van der Waals surface area contributed by atoms with Crippen molar-refractivity contribution in [3.8, 4) is 5.75 Å². The van der Waals surface area contributed by atoms with Crippen LogP contribution in [0, 0.1) is 0 Å². The summed E-state index contributed by atoms with van der Waals surface area (Å²) in [6, 6.07) is 11.5. The minimum Gasteiger partial charge on any atom is -0.496 e. The van der Waals surface area contributed by atoms with Gasteiger partial charge in [0.05, 0.1) is 29.9 Å². The number of hydrogen-bond donors (Lipinski definition) is 2. The Bertz CT molecular complexity index is 1110. The molecule has 9 nitrogen and oxygen atoms in total. The number of carbonyl (C=O) groups excluding carboxylic acids is 2. The lowest BCUT2D eigenvalue weighted by Crippen LogP contribution is -2.28. The summed E-state index contributed by atoms with van der Waals surface area (Å²) in [4.78, 5) is 25.3. The Kier molecular flexibility index (Phi) is 9.03. The smallest absolute Gasteiger partial charge is 0.253 e. The maximum atomic E-state index is 12.9. The van der Waals surface area contributed by atoms with Crippen LogP contribution >= 0.6 is 0 Å². The molecule has 1 saturated heterocycles. The van der Waals surface area contributed by atoms with Gasteiger partial charge in [0, 0.05) is 33.2 Å². The third-order valence-electron chi connectivity index (χ3n) is 5.61. The summed E-state index contributed by atoms with van der Waals surface area (Å²) < 4.78 is 37.7. The van der Waals surface area contributed by atoms with E-state index in [1.54, 1.807) is 43.5 Å². The van der Waals surface area contributed by atoms with Gasteiger partial charge in [-0.15, -0.1) is 0 Å². The number of nitrogens with zero attached hydrogens (tertiary/aromatic N) is 1. The molecule has 2 amide bonds. The molecular weight excluding hydrogens is 458 g/mol. The maximum Gasteiger partial charge on any atom is 0.253 e. The van der Waals surface area contributed by atoms with Gasteiger partial charge in [0.1, 0.15) is 5.75 Å². The average Bonchev–Trinajstić information content (AvgIpc) is 3.39. The number of nitrogens with one attached hydrogen (secondary N) is 2. The van der Waals surface area contributed by atoms with Crippen molar-refractivity contribution in [2.45, 2.75) is 30.6 Å². The molecule has 0 unspecified atom stereocenters. The third kappa shape index (κ3) is 6.34. The molecule has 0 aromatic heterocycles.